The van der Waals surface area contributed by atoms with Crippen molar-refractivity contribution < 1.29 is 22.8 Å². The Hall–Kier alpha value is -2.58. The molecule has 1 aromatic rings. The van der Waals surface area contributed by atoms with Crippen LogP contribution in [0.2, 0.25) is 0 Å². The molecule has 1 heterocycles. The number of carbonyl (C=O) groups is 2. The van der Waals surface area contributed by atoms with Crippen molar-refractivity contribution in [3.63, 3.8) is 0 Å². The fourth-order valence-electron chi connectivity index (χ4n) is 3.35. The van der Waals surface area contributed by atoms with Gasteiger partial charge in [-0.15, -0.1) is 0 Å². The number of halogens is 3. The first-order valence-electron chi connectivity index (χ1n) is 8.82. The molecule has 146 valence electrons. The van der Waals surface area contributed by atoms with Gasteiger partial charge in [0.05, 0.1) is 0 Å². The summed E-state index contributed by atoms with van der Waals surface area (Å²) < 4.78 is 40.3. The SMILES string of the molecule is NC(=O)c1ccc(C(F)(F)F)n(CC(=O)N(C2=CCCCC2)C2CC2)c1=O. The van der Waals surface area contributed by atoms with Gasteiger partial charge < -0.3 is 10.6 Å². The third-order valence-electron chi connectivity index (χ3n) is 4.78. The summed E-state index contributed by atoms with van der Waals surface area (Å²) in [6.45, 7) is -0.789. The van der Waals surface area contributed by atoms with Crippen LogP contribution in [0, 0.1) is 0 Å². The van der Waals surface area contributed by atoms with Crippen molar-refractivity contribution in [3.8, 4) is 0 Å². The molecule has 2 amide bonds. The Morgan fingerprint density at radius 1 is 1.22 bits per heavy atom. The summed E-state index contributed by atoms with van der Waals surface area (Å²) in [4.78, 5) is 38.1. The highest BCUT2D eigenvalue weighted by molar-refractivity contribution is 5.92. The normalized spacial score (nSPS) is 17.4. The van der Waals surface area contributed by atoms with Crippen LogP contribution in [0.1, 0.15) is 54.6 Å². The number of aromatic nitrogens is 1. The summed E-state index contributed by atoms with van der Waals surface area (Å²) in [5.74, 6) is -1.72. The van der Waals surface area contributed by atoms with Crippen molar-refractivity contribution in [1.82, 2.24) is 9.47 Å². The van der Waals surface area contributed by atoms with E-state index >= 15 is 0 Å². The third kappa shape index (κ3) is 4.06. The minimum atomic E-state index is -4.84. The molecule has 0 bridgehead atoms. The van der Waals surface area contributed by atoms with Gasteiger partial charge in [-0.3, -0.25) is 19.0 Å². The number of carbonyl (C=O) groups excluding carboxylic acids is 2. The van der Waals surface area contributed by atoms with Crippen molar-refractivity contribution in [2.75, 3.05) is 0 Å². The highest BCUT2D eigenvalue weighted by Gasteiger charge is 2.38. The fourth-order valence-corrected chi connectivity index (χ4v) is 3.35. The molecular formula is C18H20F3N3O3. The molecule has 0 aromatic carbocycles. The van der Waals surface area contributed by atoms with Crippen LogP contribution < -0.4 is 11.3 Å². The molecule has 2 N–H and O–H groups in total. The minimum Gasteiger partial charge on any atom is -0.365 e. The van der Waals surface area contributed by atoms with Crippen LogP contribution in [0.25, 0.3) is 0 Å². The van der Waals surface area contributed by atoms with Gasteiger partial charge in [0.1, 0.15) is 17.8 Å². The molecule has 0 saturated heterocycles. The smallest absolute Gasteiger partial charge is 0.365 e. The zero-order valence-corrected chi connectivity index (χ0v) is 14.6. The highest BCUT2D eigenvalue weighted by Crippen LogP contribution is 2.34. The van der Waals surface area contributed by atoms with Crippen LogP contribution >= 0.6 is 0 Å². The molecule has 0 spiro atoms. The van der Waals surface area contributed by atoms with Gasteiger partial charge in [0.15, 0.2) is 0 Å². The number of nitrogens with two attached hydrogens (primary N) is 1. The van der Waals surface area contributed by atoms with Gasteiger partial charge in [-0.25, -0.2) is 0 Å². The van der Waals surface area contributed by atoms with E-state index in [9.17, 15) is 27.6 Å². The average Bonchev–Trinajstić information content (AvgIpc) is 3.41. The van der Waals surface area contributed by atoms with Gasteiger partial charge in [0.2, 0.25) is 5.91 Å². The molecule has 0 atom stereocenters. The fraction of sp³-hybridized carbons (Fsp3) is 0.500. The van der Waals surface area contributed by atoms with Gasteiger partial charge in [-0.1, -0.05) is 6.08 Å². The van der Waals surface area contributed by atoms with Crippen LogP contribution in [0.5, 0.6) is 0 Å². The predicted octanol–water partition coefficient (Wildman–Crippen LogP) is 2.41. The molecule has 2 aliphatic rings. The Labute approximate surface area is 153 Å². The largest absolute Gasteiger partial charge is 0.431 e. The zero-order valence-electron chi connectivity index (χ0n) is 14.6. The molecule has 0 aliphatic heterocycles. The van der Waals surface area contributed by atoms with E-state index in [0.29, 0.717) is 17.1 Å². The number of alkyl halides is 3. The number of hydrogen-bond acceptors (Lipinski definition) is 3. The van der Waals surface area contributed by atoms with Crippen molar-refractivity contribution in [1.29, 1.82) is 0 Å². The van der Waals surface area contributed by atoms with E-state index in [-0.39, 0.29) is 6.04 Å². The number of rotatable bonds is 5. The number of hydrogen-bond donors (Lipinski definition) is 1. The van der Waals surface area contributed by atoms with E-state index in [0.717, 1.165) is 43.9 Å². The van der Waals surface area contributed by atoms with Crippen molar-refractivity contribution in [2.45, 2.75) is 57.3 Å². The quantitative estimate of drug-likeness (QED) is 0.847. The summed E-state index contributed by atoms with van der Waals surface area (Å²) in [7, 11) is 0. The summed E-state index contributed by atoms with van der Waals surface area (Å²) >= 11 is 0. The Kier molecular flexibility index (Phi) is 5.12. The van der Waals surface area contributed by atoms with Crippen LogP contribution in [-0.2, 0) is 17.5 Å². The first-order valence-corrected chi connectivity index (χ1v) is 8.82. The van der Waals surface area contributed by atoms with Crippen LogP contribution in [0.15, 0.2) is 28.7 Å². The van der Waals surface area contributed by atoms with E-state index in [2.05, 4.69) is 0 Å². The van der Waals surface area contributed by atoms with Crippen LogP contribution in [-0.4, -0.2) is 27.3 Å². The van der Waals surface area contributed by atoms with Gasteiger partial charge in [-0.2, -0.15) is 13.2 Å². The lowest BCUT2D eigenvalue weighted by Gasteiger charge is -2.28. The second-order valence-corrected chi connectivity index (χ2v) is 6.82. The Morgan fingerprint density at radius 2 is 1.93 bits per heavy atom. The molecule has 27 heavy (non-hydrogen) atoms. The first-order chi connectivity index (χ1) is 12.7. The second-order valence-electron chi connectivity index (χ2n) is 6.82. The lowest BCUT2D eigenvalue weighted by atomic mass is 10.0. The molecule has 3 rings (SSSR count). The average molecular weight is 383 g/mol. The number of amides is 2. The highest BCUT2D eigenvalue weighted by atomic mass is 19.4. The summed E-state index contributed by atoms with van der Waals surface area (Å²) in [6.07, 6.45) is 2.08. The molecular weight excluding hydrogens is 363 g/mol. The van der Waals surface area contributed by atoms with E-state index in [4.69, 9.17) is 5.73 Å². The monoisotopic (exact) mass is 383 g/mol. The lowest BCUT2D eigenvalue weighted by molar-refractivity contribution is -0.145. The number of pyridine rings is 1. The summed E-state index contributed by atoms with van der Waals surface area (Å²) in [6, 6.07) is 1.32. The van der Waals surface area contributed by atoms with Crippen molar-refractivity contribution >= 4 is 11.8 Å². The maximum atomic E-state index is 13.3. The molecule has 0 radical (unpaired) electrons. The molecule has 1 aromatic heterocycles. The number of allylic oxidation sites excluding steroid dienone is 2. The minimum absolute atomic E-state index is 0.0359. The third-order valence-corrected chi connectivity index (χ3v) is 4.78. The lowest BCUT2D eigenvalue weighted by Crippen LogP contribution is -2.41. The first kappa shape index (κ1) is 19.2. The molecule has 9 heteroatoms. The molecule has 1 fully saturated rings. The maximum absolute atomic E-state index is 13.3. The van der Waals surface area contributed by atoms with Gasteiger partial charge in [0.25, 0.3) is 11.5 Å². The van der Waals surface area contributed by atoms with Crippen molar-refractivity contribution in [2.24, 2.45) is 5.73 Å². The Morgan fingerprint density at radius 3 is 2.44 bits per heavy atom. The van der Waals surface area contributed by atoms with Gasteiger partial charge in [0, 0.05) is 11.7 Å². The maximum Gasteiger partial charge on any atom is 0.431 e. The second kappa shape index (κ2) is 7.21. The topological polar surface area (TPSA) is 85.4 Å². The van der Waals surface area contributed by atoms with Crippen LogP contribution in [0.4, 0.5) is 13.2 Å². The number of nitrogens with zero attached hydrogens (tertiary/aromatic N) is 2. The standard InChI is InChI=1S/C18H20F3N3O3/c19-18(20,21)14-9-8-13(16(22)26)17(27)23(14)10-15(25)24(12-6-7-12)11-4-2-1-3-5-11/h4,8-9,12H,1-3,5-7,10H2,(H2,22,26). The molecule has 6 nitrogen and oxygen atoms in total. The van der Waals surface area contributed by atoms with Gasteiger partial charge >= 0.3 is 6.18 Å². The molecule has 2 aliphatic carbocycles. The van der Waals surface area contributed by atoms with E-state index in [1.807, 2.05) is 6.08 Å². The van der Waals surface area contributed by atoms with Gasteiger partial charge in [-0.05, 0) is 50.7 Å². The Bertz CT molecular complexity index is 854. The summed E-state index contributed by atoms with van der Waals surface area (Å²) in [5.41, 5.74) is 2.81. The Balaban J connectivity index is 1.98. The van der Waals surface area contributed by atoms with E-state index in [1.54, 1.807) is 0 Å². The predicted molar refractivity (Wildman–Crippen MR) is 90.6 cm³/mol. The summed E-state index contributed by atoms with van der Waals surface area (Å²) in [5, 5.41) is 0. The van der Waals surface area contributed by atoms with E-state index in [1.165, 1.54) is 4.90 Å². The van der Waals surface area contributed by atoms with Crippen molar-refractivity contribution in [3.05, 3.63) is 45.5 Å². The van der Waals surface area contributed by atoms with Crippen LogP contribution in [0.3, 0.4) is 0 Å². The zero-order chi connectivity index (χ0) is 19.8. The molecule has 1 saturated carbocycles. The number of primary amides is 1. The van der Waals surface area contributed by atoms with E-state index < -0.39 is 41.4 Å². The molecule has 0 unspecified atom stereocenters.